The number of carbonyl (C=O) groups is 2. The molecule has 3 aromatic rings. The molecular weight excluding hydrogens is 610 g/mol. The van der Waals surface area contributed by atoms with Crippen LogP contribution in [-0.2, 0) is 31.1 Å². The van der Waals surface area contributed by atoms with E-state index in [4.69, 9.17) is 14.3 Å². The van der Waals surface area contributed by atoms with E-state index in [-0.39, 0.29) is 43.3 Å². The first-order valence-electron chi connectivity index (χ1n) is 13.9. The maximum Gasteiger partial charge on any atom is 0.425 e. The van der Waals surface area contributed by atoms with Crippen molar-refractivity contribution < 1.29 is 37.2 Å². The van der Waals surface area contributed by atoms with Crippen LogP contribution < -0.4 is 15.6 Å². The van der Waals surface area contributed by atoms with Gasteiger partial charge < -0.3 is 9.47 Å². The van der Waals surface area contributed by atoms with Crippen molar-refractivity contribution in [1.29, 1.82) is 0 Å². The van der Waals surface area contributed by atoms with Crippen molar-refractivity contribution in [3.05, 3.63) is 91.1 Å². The van der Waals surface area contributed by atoms with Crippen LogP contribution in [0.5, 0.6) is 0 Å². The Bertz CT molecular complexity index is 1870. The lowest BCUT2D eigenvalue weighted by Crippen LogP contribution is -2.42. The van der Waals surface area contributed by atoms with Crippen LogP contribution in [0.4, 0.5) is 16.2 Å². The molecule has 0 aliphatic carbocycles. The number of hydrogen-bond acceptors (Lipinski definition) is 10. The lowest BCUT2D eigenvalue weighted by Gasteiger charge is -2.24. The monoisotopic (exact) mass is 644 g/mol. The fourth-order valence-electron chi connectivity index (χ4n) is 4.65. The van der Waals surface area contributed by atoms with Gasteiger partial charge in [0.25, 0.3) is 10.5 Å². The predicted molar refractivity (Wildman–Crippen MR) is 162 cm³/mol. The Labute approximate surface area is 258 Å². The summed E-state index contributed by atoms with van der Waals surface area (Å²) in [6, 6.07) is 10.4. The number of anilines is 1. The van der Waals surface area contributed by atoms with Crippen molar-refractivity contribution in [1.82, 2.24) is 13.4 Å². The number of amides is 1. The average molecular weight is 645 g/mol. The largest absolute Gasteiger partial charge is 0.462 e. The topological polar surface area (TPSA) is 167 Å². The highest BCUT2D eigenvalue weighted by molar-refractivity contribution is 7.91. The summed E-state index contributed by atoms with van der Waals surface area (Å²) < 4.78 is 40.2. The highest BCUT2D eigenvalue weighted by Crippen LogP contribution is 2.28. The second-order valence-corrected chi connectivity index (χ2v) is 12.7. The molecule has 1 aliphatic heterocycles. The summed E-state index contributed by atoms with van der Waals surface area (Å²) in [6.07, 6.45) is 0.0753. The van der Waals surface area contributed by atoms with Gasteiger partial charge in [-0.05, 0) is 64.4 Å². The molecule has 15 nitrogen and oxygen atoms in total. The van der Waals surface area contributed by atoms with Crippen molar-refractivity contribution >= 4 is 33.6 Å². The summed E-state index contributed by atoms with van der Waals surface area (Å²) in [5.41, 5.74) is -1.52. The fraction of sp³-hybridized carbons (Fsp3) is 0.379. The molecule has 1 aromatic heterocycles. The minimum atomic E-state index is -4.24. The van der Waals surface area contributed by atoms with E-state index in [1.54, 1.807) is 46.8 Å². The Hall–Kier alpha value is -4.99. The fourth-order valence-corrected chi connectivity index (χ4v) is 6.13. The van der Waals surface area contributed by atoms with Gasteiger partial charge in [0.2, 0.25) is 0 Å². The summed E-state index contributed by atoms with van der Waals surface area (Å²) in [4.78, 5) is 69.5. The van der Waals surface area contributed by atoms with Gasteiger partial charge in [-0.3, -0.25) is 18.2 Å². The molecule has 0 spiro atoms. The minimum Gasteiger partial charge on any atom is -0.462 e. The third-order valence-electron chi connectivity index (χ3n) is 6.85. The van der Waals surface area contributed by atoms with Gasteiger partial charge in [-0.2, -0.15) is 12.7 Å². The molecule has 45 heavy (non-hydrogen) atoms. The van der Waals surface area contributed by atoms with Gasteiger partial charge >= 0.3 is 33.6 Å². The van der Waals surface area contributed by atoms with E-state index in [9.17, 15) is 32.5 Å². The molecule has 0 atom stereocenters. The highest BCUT2D eigenvalue weighted by Gasteiger charge is 2.42. The van der Waals surface area contributed by atoms with Crippen LogP contribution in [-0.4, -0.2) is 71.3 Å². The number of ether oxygens (including phenoxy) is 2. The zero-order chi connectivity index (χ0) is 33.3. The van der Waals surface area contributed by atoms with E-state index in [1.165, 1.54) is 37.4 Å². The van der Waals surface area contributed by atoms with Gasteiger partial charge in [-0.15, -0.1) is 0 Å². The molecule has 0 radical (unpaired) electrons. The van der Waals surface area contributed by atoms with Gasteiger partial charge in [0.05, 0.1) is 42.5 Å². The number of hydrogen-bond donors (Lipinski definition) is 0. The first-order valence-corrected chi connectivity index (χ1v) is 15.3. The predicted octanol–water partition coefficient (Wildman–Crippen LogP) is 2.81. The summed E-state index contributed by atoms with van der Waals surface area (Å²) in [7, 11) is -3.04. The van der Waals surface area contributed by atoms with Crippen LogP contribution in [0, 0.1) is 11.8 Å². The molecule has 0 unspecified atom stereocenters. The number of benzene rings is 2. The maximum absolute atomic E-state index is 13.7. The lowest BCUT2D eigenvalue weighted by atomic mass is 10.1. The first kappa shape index (κ1) is 32.9. The van der Waals surface area contributed by atoms with Crippen LogP contribution >= 0.6 is 0 Å². The smallest absolute Gasteiger partial charge is 0.425 e. The first-order chi connectivity index (χ1) is 21.1. The quantitative estimate of drug-likeness (QED) is 0.263. The number of nitrogens with zero attached hydrogens (tertiary/aromatic N) is 5. The lowest BCUT2D eigenvalue weighted by molar-refractivity contribution is -0.737. The molecule has 2 aromatic carbocycles. The van der Waals surface area contributed by atoms with Crippen molar-refractivity contribution in [3.8, 4) is 5.69 Å². The van der Waals surface area contributed by atoms with E-state index in [2.05, 4.69) is 0 Å². The van der Waals surface area contributed by atoms with Crippen LogP contribution in [0.2, 0.25) is 0 Å². The van der Waals surface area contributed by atoms with Crippen molar-refractivity contribution in [2.24, 2.45) is 0 Å². The molecule has 2 heterocycles. The second-order valence-electron chi connectivity index (χ2n) is 11.0. The van der Waals surface area contributed by atoms with Crippen LogP contribution in [0.15, 0.2) is 58.3 Å². The van der Waals surface area contributed by atoms with Gasteiger partial charge in [-0.25, -0.2) is 19.2 Å². The van der Waals surface area contributed by atoms with Gasteiger partial charge in [0.1, 0.15) is 11.2 Å². The molecule has 16 heteroatoms. The second kappa shape index (κ2) is 12.6. The van der Waals surface area contributed by atoms with E-state index in [0.29, 0.717) is 20.4 Å². The van der Waals surface area contributed by atoms with Crippen molar-refractivity contribution in [2.75, 3.05) is 31.1 Å². The standard InChI is InChI=1S/C29H34N5O10S/c1-7-43-26(36)23-18-30(27(37)31(25(23)35)17-20-9-8-10-24(19(20)2)34(39)42-6)21-11-13-22(14-12-21)32-15-16-33(45(32,40)41)28(38)44-29(3,4)5/h8-14,18H,7,15-17H2,1-6H3/q+1. The Morgan fingerprint density at radius 1 is 1.00 bits per heavy atom. The average Bonchev–Trinajstić information content (AvgIpc) is 3.29. The molecule has 1 aliphatic rings. The summed E-state index contributed by atoms with van der Waals surface area (Å²) in [5.74, 6) is -0.942. The number of carbonyl (C=O) groups excluding carboxylic acids is 2. The maximum atomic E-state index is 13.7. The zero-order valence-electron chi connectivity index (χ0n) is 25.7. The molecule has 4 rings (SSSR count). The number of aromatic nitrogens is 2. The zero-order valence-corrected chi connectivity index (χ0v) is 26.5. The van der Waals surface area contributed by atoms with E-state index in [0.717, 1.165) is 19.6 Å². The molecule has 0 saturated carbocycles. The van der Waals surface area contributed by atoms with Gasteiger partial charge in [0.15, 0.2) is 7.11 Å². The molecular formula is C29H34N5O10S+. The van der Waals surface area contributed by atoms with E-state index >= 15 is 0 Å². The van der Waals surface area contributed by atoms with Gasteiger partial charge in [0, 0.05) is 17.8 Å². The Kier molecular flexibility index (Phi) is 9.18. The number of rotatable bonds is 8. The Morgan fingerprint density at radius 2 is 1.64 bits per heavy atom. The third-order valence-corrected chi connectivity index (χ3v) is 8.69. The van der Waals surface area contributed by atoms with Crippen LogP contribution in [0.25, 0.3) is 5.69 Å². The van der Waals surface area contributed by atoms with Crippen LogP contribution in [0.3, 0.4) is 0 Å². The summed E-state index contributed by atoms with van der Waals surface area (Å²) in [5, 5.41) is 0. The van der Waals surface area contributed by atoms with Crippen LogP contribution in [0.1, 0.15) is 49.2 Å². The van der Waals surface area contributed by atoms with Crippen molar-refractivity contribution in [3.63, 3.8) is 0 Å². The molecule has 0 N–H and O–H groups in total. The highest BCUT2D eigenvalue weighted by atomic mass is 32.2. The molecule has 1 saturated heterocycles. The number of esters is 1. The molecule has 240 valence electrons. The summed E-state index contributed by atoms with van der Waals surface area (Å²) in [6.45, 7) is 7.62. The molecule has 0 bridgehead atoms. The van der Waals surface area contributed by atoms with E-state index in [1.807, 2.05) is 0 Å². The SMILES string of the molecule is CCOC(=O)c1cn(-c2ccc(N3CCN(C(=O)OC(C)(C)C)S3(=O)=O)cc2)c(=O)n(Cc2cccc([N+](=O)OC)c2C)c1=O. The normalized spacial score (nSPS) is 14.3. The Balaban J connectivity index is 1.75. The van der Waals surface area contributed by atoms with Crippen molar-refractivity contribution in [2.45, 2.75) is 46.8 Å². The Morgan fingerprint density at radius 3 is 2.24 bits per heavy atom. The molecule has 1 fully saturated rings. The minimum absolute atomic E-state index is 0.0196. The summed E-state index contributed by atoms with van der Waals surface area (Å²) >= 11 is 0. The van der Waals surface area contributed by atoms with Gasteiger partial charge in [-0.1, -0.05) is 12.1 Å². The third kappa shape index (κ3) is 6.60. The molecule has 1 amide bonds. The van der Waals surface area contributed by atoms with E-state index < -0.39 is 44.7 Å².